The Bertz CT molecular complexity index is 462. The Morgan fingerprint density at radius 1 is 1.56 bits per heavy atom. The number of amides is 1. The number of phenols is 1. The number of aliphatic hydroxyl groups is 1. The molecule has 2 atom stereocenters. The number of aliphatic hydroxyl groups excluding tert-OH is 1. The Morgan fingerprint density at radius 2 is 2.28 bits per heavy atom. The van der Waals surface area contributed by atoms with Crippen LogP contribution in [0, 0.1) is 5.92 Å². The summed E-state index contributed by atoms with van der Waals surface area (Å²) in [5, 5.41) is 19.1. The second-order valence-corrected chi connectivity index (χ2v) is 5.56. The number of phenolic OH excluding ortho intramolecular Hbond substituents is 1. The molecule has 1 aromatic carbocycles. The molecule has 0 radical (unpaired) electrons. The number of aromatic hydroxyl groups is 1. The summed E-state index contributed by atoms with van der Waals surface area (Å²) in [5.74, 6) is 0.117. The van der Waals surface area contributed by atoms with E-state index in [1.165, 1.54) is 6.07 Å². The highest BCUT2D eigenvalue weighted by Crippen LogP contribution is 2.26. The molecule has 1 aliphatic rings. The Kier molecular flexibility index (Phi) is 3.92. The standard InChI is InChI=1S/C13H16BrNO3/c1-8(16)10-4-5-15(7-10)13(18)9-2-3-11(14)12(17)6-9/h2-3,6,8,10,16-17H,4-5,7H2,1H3. The molecule has 5 heteroatoms. The van der Waals surface area contributed by atoms with Crippen LogP contribution in [0.5, 0.6) is 5.75 Å². The molecule has 2 rings (SSSR count). The Labute approximate surface area is 114 Å². The fraction of sp³-hybridized carbons (Fsp3) is 0.462. The number of nitrogens with zero attached hydrogens (tertiary/aromatic N) is 1. The molecule has 18 heavy (non-hydrogen) atoms. The molecule has 0 aliphatic carbocycles. The van der Waals surface area contributed by atoms with Gasteiger partial charge in [-0.2, -0.15) is 0 Å². The number of benzene rings is 1. The van der Waals surface area contributed by atoms with E-state index in [9.17, 15) is 15.0 Å². The second kappa shape index (κ2) is 5.28. The maximum Gasteiger partial charge on any atom is 0.254 e. The second-order valence-electron chi connectivity index (χ2n) is 4.71. The van der Waals surface area contributed by atoms with E-state index in [2.05, 4.69) is 15.9 Å². The van der Waals surface area contributed by atoms with Crippen LogP contribution in [0.1, 0.15) is 23.7 Å². The minimum Gasteiger partial charge on any atom is -0.507 e. The largest absolute Gasteiger partial charge is 0.507 e. The molecule has 1 aromatic rings. The number of carbonyl (C=O) groups excluding carboxylic acids is 1. The van der Waals surface area contributed by atoms with Gasteiger partial charge in [0.25, 0.3) is 5.91 Å². The zero-order chi connectivity index (χ0) is 13.3. The first-order chi connectivity index (χ1) is 8.49. The van der Waals surface area contributed by atoms with Gasteiger partial charge < -0.3 is 15.1 Å². The van der Waals surface area contributed by atoms with E-state index >= 15 is 0 Å². The summed E-state index contributed by atoms with van der Waals surface area (Å²) in [6.07, 6.45) is 0.437. The molecule has 1 saturated heterocycles. The molecule has 0 spiro atoms. The molecule has 2 N–H and O–H groups in total. The van der Waals surface area contributed by atoms with Crippen LogP contribution in [0.3, 0.4) is 0 Å². The molecule has 4 nitrogen and oxygen atoms in total. The number of hydrogen-bond acceptors (Lipinski definition) is 3. The van der Waals surface area contributed by atoms with Crippen molar-refractivity contribution in [2.75, 3.05) is 13.1 Å². The number of halogens is 1. The van der Waals surface area contributed by atoms with E-state index in [0.717, 1.165) is 6.42 Å². The summed E-state index contributed by atoms with van der Waals surface area (Å²) in [7, 11) is 0. The van der Waals surface area contributed by atoms with E-state index in [1.807, 2.05) is 0 Å². The van der Waals surface area contributed by atoms with Gasteiger partial charge in [0, 0.05) is 24.6 Å². The van der Waals surface area contributed by atoms with E-state index < -0.39 is 0 Å². The summed E-state index contributed by atoms with van der Waals surface area (Å²) < 4.78 is 0.572. The van der Waals surface area contributed by atoms with Gasteiger partial charge in [-0.3, -0.25) is 4.79 Å². The third kappa shape index (κ3) is 2.67. The van der Waals surface area contributed by atoms with Crippen molar-refractivity contribution in [3.05, 3.63) is 28.2 Å². The van der Waals surface area contributed by atoms with Gasteiger partial charge in [0.15, 0.2) is 0 Å². The van der Waals surface area contributed by atoms with E-state index in [4.69, 9.17) is 0 Å². The van der Waals surface area contributed by atoms with Crippen LogP contribution in [0.2, 0.25) is 0 Å². The first-order valence-electron chi connectivity index (χ1n) is 5.95. The van der Waals surface area contributed by atoms with Crippen molar-refractivity contribution in [3.8, 4) is 5.75 Å². The molecule has 1 amide bonds. The van der Waals surface area contributed by atoms with Gasteiger partial charge in [-0.25, -0.2) is 0 Å². The van der Waals surface area contributed by atoms with E-state index in [1.54, 1.807) is 24.0 Å². The average molecular weight is 314 g/mol. The van der Waals surface area contributed by atoms with Crippen molar-refractivity contribution in [1.82, 2.24) is 4.90 Å². The van der Waals surface area contributed by atoms with Crippen molar-refractivity contribution in [2.24, 2.45) is 5.92 Å². The molecular weight excluding hydrogens is 298 g/mol. The van der Waals surface area contributed by atoms with Gasteiger partial charge in [-0.15, -0.1) is 0 Å². The first kappa shape index (κ1) is 13.4. The van der Waals surface area contributed by atoms with Gasteiger partial charge in [0.05, 0.1) is 10.6 Å². The van der Waals surface area contributed by atoms with Crippen LogP contribution in [0.25, 0.3) is 0 Å². The summed E-state index contributed by atoms with van der Waals surface area (Å²) in [5.41, 5.74) is 0.474. The van der Waals surface area contributed by atoms with Gasteiger partial charge in [0.2, 0.25) is 0 Å². The summed E-state index contributed by atoms with van der Waals surface area (Å²) in [6, 6.07) is 4.80. The van der Waals surface area contributed by atoms with Gasteiger partial charge in [-0.1, -0.05) is 0 Å². The fourth-order valence-electron chi connectivity index (χ4n) is 2.19. The molecule has 1 heterocycles. The number of rotatable bonds is 2. The summed E-state index contributed by atoms with van der Waals surface area (Å²) in [6.45, 7) is 2.99. The van der Waals surface area contributed by atoms with Gasteiger partial charge in [0.1, 0.15) is 5.75 Å². The summed E-state index contributed by atoms with van der Waals surface area (Å²) in [4.78, 5) is 13.9. The SMILES string of the molecule is CC(O)C1CCN(C(=O)c2ccc(Br)c(O)c2)C1. The van der Waals surface area contributed by atoms with Crippen LogP contribution >= 0.6 is 15.9 Å². The minimum atomic E-state index is -0.388. The molecule has 2 unspecified atom stereocenters. The number of likely N-dealkylation sites (tertiary alicyclic amines) is 1. The number of hydrogen-bond donors (Lipinski definition) is 2. The average Bonchev–Trinajstić information content (AvgIpc) is 2.81. The highest BCUT2D eigenvalue weighted by Gasteiger charge is 2.29. The molecule has 0 bridgehead atoms. The topological polar surface area (TPSA) is 60.8 Å². The zero-order valence-electron chi connectivity index (χ0n) is 10.1. The van der Waals surface area contributed by atoms with Crippen LogP contribution in [-0.4, -0.2) is 40.2 Å². The van der Waals surface area contributed by atoms with Gasteiger partial charge >= 0.3 is 0 Å². The van der Waals surface area contributed by atoms with Crippen LogP contribution in [0.4, 0.5) is 0 Å². The Hall–Kier alpha value is -1.07. The zero-order valence-corrected chi connectivity index (χ0v) is 11.7. The monoisotopic (exact) mass is 313 g/mol. The Balaban J connectivity index is 2.10. The fourth-order valence-corrected chi connectivity index (χ4v) is 2.44. The highest BCUT2D eigenvalue weighted by atomic mass is 79.9. The molecule has 0 saturated carbocycles. The first-order valence-corrected chi connectivity index (χ1v) is 6.74. The minimum absolute atomic E-state index is 0.0622. The lowest BCUT2D eigenvalue weighted by molar-refractivity contribution is 0.0762. The lowest BCUT2D eigenvalue weighted by atomic mass is 10.0. The molecule has 98 valence electrons. The smallest absolute Gasteiger partial charge is 0.254 e. The molecule has 1 fully saturated rings. The third-order valence-electron chi connectivity index (χ3n) is 3.39. The number of carbonyl (C=O) groups is 1. The van der Waals surface area contributed by atoms with Crippen molar-refractivity contribution in [2.45, 2.75) is 19.4 Å². The van der Waals surface area contributed by atoms with Crippen LogP contribution < -0.4 is 0 Å². The molecule has 1 aliphatic heterocycles. The maximum atomic E-state index is 12.2. The van der Waals surface area contributed by atoms with E-state index in [-0.39, 0.29) is 23.7 Å². The lowest BCUT2D eigenvalue weighted by Crippen LogP contribution is -2.30. The summed E-state index contributed by atoms with van der Waals surface area (Å²) >= 11 is 3.18. The quantitative estimate of drug-likeness (QED) is 0.878. The van der Waals surface area contributed by atoms with Crippen LogP contribution in [0.15, 0.2) is 22.7 Å². The van der Waals surface area contributed by atoms with Crippen LogP contribution in [-0.2, 0) is 0 Å². The normalized spacial score (nSPS) is 21.1. The predicted molar refractivity (Wildman–Crippen MR) is 71.5 cm³/mol. The lowest BCUT2D eigenvalue weighted by Gasteiger charge is -2.18. The van der Waals surface area contributed by atoms with Crippen molar-refractivity contribution < 1.29 is 15.0 Å². The Morgan fingerprint density at radius 3 is 2.83 bits per heavy atom. The maximum absolute atomic E-state index is 12.2. The van der Waals surface area contributed by atoms with Crippen molar-refractivity contribution in [1.29, 1.82) is 0 Å². The molecule has 0 aromatic heterocycles. The predicted octanol–water partition coefficient (Wildman–Crippen LogP) is 2.00. The highest BCUT2D eigenvalue weighted by molar-refractivity contribution is 9.10. The van der Waals surface area contributed by atoms with Gasteiger partial charge in [-0.05, 0) is 47.5 Å². The van der Waals surface area contributed by atoms with Crippen molar-refractivity contribution in [3.63, 3.8) is 0 Å². The van der Waals surface area contributed by atoms with E-state index in [0.29, 0.717) is 23.1 Å². The third-order valence-corrected chi connectivity index (χ3v) is 4.06. The molecular formula is C13H16BrNO3. The van der Waals surface area contributed by atoms with Crippen molar-refractivity contribution >= 4 is 21.8 Å².